The average molecular weight is 316 g/mol. The van der Waals surface area contributed by atoms with E-state index in [0.29, 0.717) is 21.9 Å². The topological polar surface area (TPSA) is 84.7 Å². The Labute approximate surface area is 126 Å². The van der Waals surface area contributed by atoms with Crippen molar-refractivity contribution in [2.45, 2.75) is 6.92 Å². The fourth-order valence-electron chi connectivity index (χ4n) is 2.10. The summed E-state index contributed by atoms with van der Waals surface area (Å²) < 4.78 is 5.34. The van der Waals surface area contributed by atoms with Gasteiger partial charge in [-0.2, -0.15) is 4.98 Å². The first-order valence-electron chi connectivity index (χ1n) is 6.09. The maximum atomic E-state index is 11.9. The van der Waals surface area contributed by atoms with E-state index < -0.39 is 0 Å². The molecule has 0 aromatic carbocycles. The molecule has 1 N–H and O–H groups in total. The molecule has 0 spiro atoms. The summed E-state index contributed by atoms with van der Waals surface area (Å²) in [7, 11) is 0. The fourth-order valence-corrected chi connectivity index (χ4v) is 3.83. The molecule has 0 bridgehead atoms. The van der Waals surface area contributed by atoms with Gasteiger partial charge in [0.1, 0.15) is 4.83 Å². The largest absolute Gasteiger partial charge is 0.333 e. The van der Waals surface area contributed by atoms with Crippen molar-refractivity contribution in [2.24, 2.45) is 0 Å². The van der Waals surface area contributed by atoms with Crippen molar-refractivity contribution in [3.8, 4) is 21.5 Å². The highest BCUT2D eigenvalue weighted by Gasteiger charge is 2.19. The van der Waals surface area contributed by atoms with Crippen molar-refractivity contribution in [1.29, 1.82) is 0 Å². The Morgan fingerprint density at radius 2 is 2.29 bits per heavy atom. The summed E-state index contributed by atoms with van der Waals surface area (Å²) in [5, 5.41) is 6.53. The molecule has 0 radical (unpaired) electrons. The molecule has 0 saturated carbocycles. The minimum Gasteiger partial charge on any atom is -0.333 e. The van der Waals surface area contributed by atoms with Gasteiger partial charge in [0.15, 0.2) is 0 Å². The van der Waals surface area contributed by atoms with Crippen LogP contribution >= 0.6 is 22.7 Å². The molecule has 0 fully saturated rings. The molecule has 0 aliphatic rings. The molecule has 4 aromatic rings. The third kappa shape index (κ3) is 1.91. The molecule has 0 unspecified atom stereocenters. The van der Waals surface area contributed by atoms with E-state index in [1.54, 1.807) is 11.3 Å². The van der Waals surface area contributed by atoms with Crippen LogP contribution in [0.4, 0.5) is 0 Å². The van der Waals surface area contributed by atoms with Crippen molar-refractivity contribution >= 4 is 32.9 Å². The molecule has 0 amide bonds. The molecule has 4 aromatic heterocycles. The average Bonchev–Trinajstić information content (AvgIpc) is 3.17. The van der Waals surface area contributed by atoms with Crippen molar-refractivity contribution in [3.05, 3.63) is 39.8 Å². The van der Waals surface area contributed by atoms with Crippen molar-refractivity contribution < 1.29 is 4.52 Å². The summed E-state index contributed by atoms with van der Waals surface area (Å²) in [6, 6.07) is 3.87. The number of hydrogen-bond acceptors (Lipinski definition) is 7. The number of nitrogens with one attached hydrogen (secondary N) is 1. The SMILES string of the molecule is Cc1c(-c2nc(-c3cccs3)no2)sc2nc[nH]c(=O)c12. The molecule has 0 aliphatic heterocycles. The molecule has 4 heterocycles. The van der Waals surface area contributed by atoms with Crippen molar-refractivity contribution in [1.82, 2.24) is 20.1 Å². The summed E-state index contributed by atoms with van der Waals surface area (Å²) in [6.45, 7) is 1.86. The zero-order valence-corrected chi connectivity index (χ0v) is 12.4. The predicted molar refractivity (Wildman–Crippen MR) is 81.6 cm³/mol. The third-order valence-electron chi connectivity index (χ3n) is 3.09. The van der Waals surface area contributed by atoms with Crippen molar-refractivity contribution in [2.75, 3.05) is 0 Å². The van der Waals surface area contributed by atoms with E-state index in [4.69, 9.17) is 4.52 Å². The minimum atomic E-state index is -0.155. The molecule has 6 nitrogen and oxygen atoms in total. The van der Waals surface area contributed by atoms with Crippen LogP contribution in [-0.4, -0.2) is 20.1 Å². The van der Waals surface area contributed by atoms with E-state index in [-0.39, 0.29) is 5.56 Å². The van der Waals surface area contributed by atoms with Gasteiger partial charge in [-0.1, -0.05) is 11.2 Å². The molecule has 0 atom stereocenters. The van der Waals surface area contributed by atoms with Crippen LogP contribution in [0.15, 0.2) is 33.2 Å². The Balaban J connectivity index is 1.89. The fraction of sp³-hybridized carbons (Fsp3) is 0.0769. The van der Waals surface area contributed by atoms with Crippen LogP contribution in [0.3, 0.4) is 0 Å². The molecule has 104 valence electrons. The van der Waals surface area contributed by atoms with Gasteiger partial charge in [0, 0.05) is 0 Å². The van der Waals surface area contributed by atoms with Gasteiger partial charge >= 0.3 is 0 Å². The van der Waals surface area contributed by atoms with Crippen LogP contribution in [0.2, 0.25) is 0 Å². The predicted octanol–water partition coefficient (Wildman–Crippen LogP) is 3.07. The summed E-state index contributed by atoms with van der Waals surface area (Å²) in [6.07, 6.45) is 1.40. The van der Waals surface area contributed by atoms with Gasteiger partial charge < -0.3 is 9.51 Å². The third-order valence-corrected chi connectivity index (χ3v) is 5.15. The van der Waals surface area contributed by atoms with Crippen LogP contribution in [0, 0.1) is 6.92 Å². The smallest absolute Gasteiger partial charge is 0.268 e. The number of aryl methyl sites for hydroxylation is 1. The Morgan fingerprint density at radius 3 is 3.05 bits per heavy atom. The van der Waals surface area contributed by atoms with E-state index >= 15 is 0 Å². The van der Waals surface area contributed by atoms with Crippen LogP contribution in [0.5, 0.6) is 0 Å². The summed E-state index contributed by atoms with van der Waals surface area (Å²) in [5.41, 5.74) is 0.656. The lowest BCUT2D eigenvalue weighted by Gasteiger charge is -1.90. The highest BCUT2D eigenvalue weighted by Crippen LogP contribution is 2.35. The van der Waals surface area contributed by atoms with Gasteiger partial charge in [-0.15, -0.1) is 22.7 Å². The summed E-state index contributed by atoms with van der Waals surface area (Å²) >= 11 is 2.93. The van der Waals surface area contributed by atoms with Crippen LogP contribution in [-0.2, 0) is 0 Å². The van der Waals surface area contributed by atoms with Crippen molar-refractivity contribution in [3.63, 3.8) is 0 Å². The van der Waals surface area contributed by atoms with E-state index in [9.17, 15) is 4.79 Å². The molecule has 4 rings (SSSR count). The molecule has 21 heavy (non-hydrogen) atoms. The molecular formula is C13H8N4O2S2. The van der Waals surface area contributed by atoms with Crippen LogP contribution in [0.1, 0.15) is 5.56 Å². The second-order valence-electron chi connectivity index (χ2n) is 4.37. The van der Waals surface area contributed by atoms with E-state index in [0.717, 1.165) is 15.3 Å². The number of aromatic nitrogens is 4. The first-order valence-corrected chi connectivity index (χ1v) is 7.78. The quantitative estimate of drug-likeness (QED) is 0.614. The van der Waals surface area contributed by atoms with Crippen LogP contribution in [0.25, 0.3) is 31.7 Å². The second kappa shape index (κ2) is 4.61. The zero-order chi connectivity index (χ0) is 14.4. The number of fused-ring (bicyclic) bond motifs is 1. The minimum absolute atomic E-state index is 0.155. The molecule has 0 saturated heterocycles. The first-order chi connectivity index (χ1) is 10.2. The standard InChI is InChI=1S/C13H8N4O2S2/c1-6-8-11(18)14-5-15-13(8)21-9(6)12-16-10(17-19-12)7-3-2-4-20-7/h2-5H,1H3,(H,14,15,18). The number of rotatable bonds is 2. The summed E-state index contributed by atoms with van der Waals surface area (Å²) in [4.78, 5) is 25.5. The lowest BCUT2D eigenvalue weighted by molar-refractivity contribution is 0.433. The van der Waals surface area contributed by atoms with Crippen LogP contribution < -0.4 is 5.56 Å². The van der Waals surface area contributed by atoms with Gasteiger partial charge in [-0.05, 0) is 23.9 Å². The monoisotopic (exact) mass is 316 g/mol. The molecule has 0 aliphatic carbocycles. The maximum Gasteiger partial charge on any atom is 0.268 e. The molecule has 8 heteroatoms. The number of H-pyrrole nitrogens is 1. The lowest BCUT2D eigenvalue weighted by atomic mass is 10.2. The van der Waals surface area contributed by atoms with E-state index in [2.05, 4.69) is 20.1 Å². The normalized spacial score (nSPS) is 11.3. The number of nitrogens with zero attached hydrogens (tertiary/aromatic N) is 3. The number of thiophene rings is 2. The Kier molecular flexibility index (Phi) is 2.72. The Morgan fingerprint density at radius 1 is 1.38 bits per heavy atom. The van der Waals surface area contributed by atoms with Gasteiger partial charge in [0.05, 0.1) is 21.5 Å². The second-order valence-corrected chi connectivity index (χ2v) is 6.32. The Hall–Kier alpha value is -2.32. The van der Waals surface area contributed by atoms with Gasteiger partial charge in [-0.3, -0.25) is 4.79 Å². The van der Waals surface area contributed by atoms with Gasteiger partial charge in [0.25, 0.3) is 11.4 Å². The lowest BCUT2D eigenvalue weighted by Crippen LogP contribution is -2.05. The van der Waals surface area contributed by atoms with Gasteiger partial charge in [-0.25, -0.2) is 4.98 Å². The highest BCUT2D eigenvalue weighted by atomic mass is 32.1. The van der Waals surface area contributed by atoms with Gasteiger partial charge in [0.2, 0.25) is 5.82 Å². The first kappa shape index (κ1) is 12.4. The Bertz CT molecular complexity index is 981. The molecular weight excluding hydrogens is 308 g/mol. The number of aromatic amines is 1. The maximum absolute atomic E-state index is 11.9. The van der Waals surface area contributed by atoms with E-state index in [1.807, 2.05) is 24.4 Å². The zero-order valence-electron chi connectivity index (χ0n) is 10.8. The van der Waals surface area contributed by atoms with E-state index in [1.165, 1.54) is 17.7 Å². The highest BCUT2D eigenvalue weighted by molar-refractivity contribution is 7.22. The summed E-state index contributed by atoms with van der Waals surface area (Å²) in [5.74, 6) is 0.969. The number of hydrogen-bond donors (Lipinski definition) is 1.